The van der Waals surface area contributed by atoms with E-state index in [1.54, 1.807) is 0 Å². The number of aliphatic hydroxyl groups excluding tert-OH is 6. The highest BCUT2D eigenvalue weighted by Crippen LogP contribution is 2.19. The van der Waals surface area contributed by atoms with E-state index >= 15 is 0 Å². The third-order valence-corrected chi connectivity index (χ3v) is 2.55. The third-order valence-electron chi connectivity index (χ3n) is 2.55. The van der Waals surface area contributed by atoms with E-state index in [0.717, 1.165) is 0 Å². The molecule has 84 valence electrons. The highest BCUT2D eigenvalue weighted by atomic mass is 16.4. The van der Waals surface area contributed by atoms with Gasteiger partial charge >= 0.3 is 0 Å². The van der Waals surface area contributed by atoms with E-state index in [1.807, 2.05) is 0 Å². The van der Waals surface area contributed by atoms with Crippen LogP contribution in [0.5, 0.6) is 0 Å². The first-order valence-corrected chi connectivity index (χ1v) is 4.52. The van der Waals surface area contributed by atoms with Gasteiger partial charge in [0, 0.05) is 12.8 Å². The lowest BCUT2D eigenvalue weighted by Gasteiger charge is -2.33. The zero-order valence-corrected chi connectivity index (χ0v) is 7.56. The summed E-state index contributed by atoms with van der Waals surface area (Å²) in [5.74, 6) is 0. The van der Waals surface area contributed by atoms with Gasteiger partial charge in [-0.05, 0) is 0 Å². The van der Waals surface area contributed by atoms with Gasteiger partial charge in [-0.2, -0.15) is 0 Å². The van der Waals surface area contributed by atoms with Crippen LogP contribution in [0.4, 0.5) is 0 Å². The fourth-order valence-electron chi connectivity index (χ4n) is 1.54. The lowest BCUT2D eigenvalue weighted by atomic mass is 9.89. The van der Waals surface area contributed by atoms with Crippen molar-refractivity contribution in [2.75, 3.05) is 0 Å². The number of aliphatic hydroxyl groups is 6. The van der Waals surface area contributed by atoms with Gasteiger partial charge in [-0.1, -0.05) is 0 Å². The molecule has 1 aliphatic rings. The van der Waals surface area contributed by atoms with Crippen LogP contribution in [0, 0.1) is 0 Å². The molecule has 0 amide bonds. The normalized spacial score (nSPS) is 51.0. The van der Waals surface area contributed by atoms with E-state index in [0.29, 0.717) is 0 Å². The Kier molecular flexibility index (Phi) is 3.82. The van der Waals surface area contributed by atoms with E-state index in [4.69, 9.17) is 0 Å². The Bertz CT molecular complexity index is 167. The summed E-state index contributed by atoms with van der Waals surface area (Å²) in [5.41, 5.74) is 0. The van der Waals surface area contributed by atoms with Gasteiger partial charge in [0.15, 0.2) is 0 Å². The molecule has 0 bridgehead atoms. The summed E-state index contributed by atoms with van der Waals surface area (Å²) in [6.45, 7) is 0. The molecule has 0 unspecified atom stereocenters. The van der Waals surface area contributed by atoms with Crippen molar-refractivity contribution in [3.05, 3.63) is 0 Å². The second-order valence-corrected chi connectivity index (χ2v) is 3.72. The Morgan fingerprint density at radius 1 is 0.500 bits per heavy atom. The van der Waals surface area contributed by atoms with Crippen molar-refractivity contribution < 1.29 is 30.6 Å². The first-order chi connectivity index (χ1) is 6.43. The van der Waals surface area contributed by atoms with E-state index in [-0.39, 0.29) is 12.8 Å². The summed E-state index contributed by atoms with van der Waals surface area (Å²) < 4.78 is 0. The van der Waals surface area contributed by atoms with Crippen LogP contribution in [0.15, 0.2) is 0 Å². The average molecular weight is 208 g/mol. The highest BCUT2D eigenvalue weighted by molar-refractivity contribution is 4.89. The molecule has 0 radical (unpaired) electrons. The zero-order valence-electron chi connectivity index (χ0n) is 7.56. The van der Waals surface area contributed by atoms with Crippen molar-refractivity contribution >= 4 is 0 Å². The molecule has 1 fully saturated rings. The number of hydrogen-bond acceptors (Lipinski definition) is 6. The smallest absolute Gasteiger partial charge is 0.108 e. The van der Waals surface area contributed by atoms with Crippen molar-refractivity contribution in [3.63, 3.8) is 0 Å². The van der Waals surface area contributed by atoms with Crippen LogP contribution in [0.1, 0.15) is 12.8 Å². The van der Waals surface area contributed by atoms with Crippen LogP contribution in [-0.4, -0.2) is 67.3 Å². The Morgan fingerprint density at radius 2 is 0.786 bits per heavy atom. The Morgan fingerprint density at radius 3 is 1.07 bits per heavy atom. The minimum atomic E-state index is -1.51. The summed E-state index contributed by atoms with van der Waals surface area (Å²) >= 11 is 0. The lowest BCUT2D eigenvalue weighted by molar-refractivity contribution is -0.148. The molecule has 6 heteroatoms. The molecular weight excluding hydrogens is 192 g/mol. The van der Waals surface area contributed by atoms with Crippen molar-refractivity contribution in [1.82, 2.24) is 0 Å². The fraction of sp³-hybridized carbons (Fsp3) is 1.00. The molecule has 1 aliphatic carbocycles. The summed E-state index contributed by atoms with van der Waals surface area (Å²) in [6.07, 6.45) is -8.60. The molecule has 14 heavy (non-hydrogen) atoms. The van der Waals surface area contributed by atoms with Crippen molar-refractivity contribution in [2.24, 2.45) is 0 Å². The minimum Gasteiger partial charge on any atom is -0.390 e. The van der Waals surface area contributed by atoms with Gasteiger partial charge in [-0.3, -0.25) is 0 Å². The molecular formula is C8H16O6. The molecule has 0 aromatic carbocycles. The summed E-state index contributed by atoms with van der Waals surface area (Å²) in [6, 6.07) is 0. The summed E-state index contributed by atoms with van der Waals surface area (Å²) in [4.78, 5) is 0. The van der Waals surface area contributed by atoms with Crippen molar-refractivity contribution in [2.45, 2.75) is 49.5 Å². The summed E-state index contributed by atoms with van der Waals surface area (Å²) in [5, 5.41) is 55.6. The van der Waals surface area contributed by atoms with Crippen LogP contribution in [0.25, 0.3) is 0 Å². The van der Waals surface area contributed by atoms with Gasteiger partial charge in [-0.25, -0.2) is 0 Å². The quantitative estimate of drug-likeness (QED) is 0.251. The fourth-order valence-corrected chi connectivity index (χ4v) is 1.54. The van der Waals surface area contributed by atoms with Crippen LogP contribution < -0.4 is 0 Å². The minimum absolute atomic E-state index is 0.230. The zero-order chi connectivity index (χ0) is 10.9. The van der Waals surface area contributed by atoms with E-state index < -0.39 is 36.6 Å². The largest absolute Gasteiger partial charge is 0.390 e. The Labute approximate surface area is 81.1 Å². The number of rotatable bonds is 0. The van der Waals surface area contributed by atoms with Crippen LogP contribution in [0.2, 0.25) is 0 Å². The molecule has 0 aromatic rings. The van der Waals surface area contributed by atoms with Gasteiger partial charge in [0.1, 0.15) is 12.2 Å². The molecule has 6 N–H and O–H groups in total. The van der Waals surface area contributed by atoms with Gasteiger partial charge in [0.05, 0.1) is 24.4 Å². The van der Waals surface area contributed by atoms with Gasteiger partial charge in [0.2, 0.25) is 0 Å². The molecule has 6 atom stereocenters. The van der Waals surface area contributed by atoms with Crippen molar-refractivity contribution in [1.29, 1.82) is 0 Å². The van der Waals surface area contributed by atoms with Gasteiger partial charge in [0.25, 0.3) is 0 Å². The van der Waals surface area contributed by atoms with E-state index in [1.165, 1.54) is 0 Å². The number of hydrogen-bond donors (Lipinski definition) is 6. The Hall–Kier alpha value is -0.240. The predicted octanol–water partition coefficient (Wildman–Crippen LogP) is -3.05. The average Bonchev–Trinajstić information content (AvgIpc) is 2.13. The first-order valence-electron chi connectivity index (χ1n) is 4.52. The predicted molar refractivity (Wildman–Crippen MR) is 45.3 cm³/mol. The molecule has 0 heterocycles. The Balaban J connectivity index is 2.72. The first kappa shape index (κ1) is 11.8. The second-order valence-electron chi connectivity index (χ2n) is 3.72. The second kappa shape index (κ2) is 4.52. The molecule has 0 spiro atoms. The molecule has 1 rings (SSSR count). The van der Waals surface area contributed by atoms with E-state index in [2.05, 4.69) is 0 Å². The molecule has 1 saturated carbocycles. The van der Waals surface area contributed by atoms with E-state index in [9.17, 15) is 30.6 Å². The maximum Gasteiger partial charge on any atom is 0.108 e. The SMILES string of the molecule is O[C@H]1[C@H](O)[C@@H](O)C[C@H](O)[C@H](O)C[C@@H]1O. The topological polar surface area (TPSA) is 121 Å². The molecule has 6 nitrogen and oxygen atoms in total. The van der Waals surface area contributed by atoms with Gasteiger partial charge < -0.3 is 30.6 Å². The van der Waals surface area contributed by atoms with Crippen molar-refractivity contribution in [3.8, 4) is 0 Å². The van der Waals surface area contributed by atoms with Crippen LogP contribution in [0.3, 0.4) is 0 Å². The molecule has 0 aromatic heterocycles. The molecule has 0 aliphatic heterocycles. The van der Waals surface area contributed by atoms with Crippen LogP contribution in [-0.2, 0) is 0 Å². The maximum absolute atomic E-state index is 9.27. The van der Waals surface area contributed by atoms with Crippen LogP contribution >= 0.6 is 0 Å². The monoisotopic (exact) mass is 208 g/mol. The summed E-state index contributed by atoms with van der Waals surface area (Å²) in [7, 11) is 0. The molecule has 0 saturated heterocycles. The third kappa shape index (κ3) is 2.41. The standard InChI is InChI=1S/C8H16O6/c9-3-1-5(11)7(13)8(14)6(12)2-4(3)10/h3-14H,1-2H2/t3-,4+,5-,6-,7+,8+/m0/s1. The lowest BCUT2D eigenvalue weighted by Crippen LogP contribution is -2.51. The van der Waals surface area contributed by atoms with Gasteiger partial charge in [-0.15, -0.1) is 0 Å². The maximum atomic E-state index is 9.27. The highest BCUT2D eigenvalue weighted by Gasteiger charge is 2.37.